The summed E-state index contributed by atoms with van der Waals surface area (Å²) in [4.78, 5) is 14.3. The highest BCUT2D eigenvalue weighted by Gasteiger charge is 2.30. The van der Waals surface area contributed by atoms with Crippen molar-refractivity contribution in [1.29, 1.82) is 0 Å². The van der Waals surface area contributed by atoms with Gasteiger partial charge in [-0.1, -0.05) is 19.1 Å². The van der Waals surface area contributed by atoms with Crippen molar-refractivity contribution in [3.05, 3.63) is 12.2 Å². The summed E-state index contributed by atoms with van der Waals surface area (Å²) in [6, 6.07) is 0.273. The third-order valence-corrected chi connectivity index (χ3v) is 3.90. The van der Waals surface area contributed by atoms with Crippen molar-refractivity contribution in [2.75, 3.05) is 13.1 Å². The molecule has 1 amide bonds. The number of nitrogens with two attached hydrogens (primary N) is 1. The highest BCUT2D eigenvalue weighted by Crippen LogP contribution is 2.23. The highest BCUT2D eigenvalue weighted by atomic mass is 16.2. The Kier molecular flexibility index (Phi) is 3.64. The molecule has 3 nitrogen and oxygen atoms in total. The first kappa shape index (κ1) is 11.6. The van der Waals surface area contributed by atoms with Gasteiger partial charge in [0.2, 0.25) is 5.91 Å². The molecule has 1 aliphatic carbocycles. The zero-order chi connectivity index (χ0) is 11.5. The highest BCUT2D eigenvalue weighted by molar-refractivity contribution is 5.79. The van der Waals surface area contributed by atoms with E-state index in [-0.39, 0.29) is 12.0 Å². The molecule has 1 heterocycles. The molecule has 90 valence electrons. The van der Waals surface area contributed by atoms with Gasteiger partial charge >= 0.3 is 0 Å². The Balaban J connectivity index is 1.92. The smallest absolute Gasteiger partial charge is 0.226 e. The Labute approximate surface area is 97.7 Å². The summed E-state index contributed by atoms with van der Waals surface area (Å²) in [6.45, 7) is 3.84. The first-order valence-electron chi connectivity index (χ1n) is 6.38. The van der Waals surface area contributed by atoms with Gasteiger partial charge in [-0.2, -0.15) is 0 Å². The number of likely N-dealkylation sites (tertiary alicyclic amines) is 1. The number of carbonyl (C=O) groups is 1. The quantitative estimate of drug-likeness (QED) is 0.684. The number of hydrogen-bond acceptors (Lipinski definition) is 2. The average molecular weight is 222 g/mol. The molecule has 0 aromatic heterocycles. The minimum Gasteiger partial charge on any atom is -0.342 e. The van der Waals surface area contributed by atoms with Crippen LogP contribution in [0.2, 0.25) is 0 Å². The molecule has 2 aliphatic rings. The summed E-state index contributed by atoms with van der Waals surface area (Å²) in [7, 11) is 0. The molecule has 0 spiro atoms. The molecular weight excluding hydrogens is 200 g/mol. The Hall–Kier alpha value is -0.830. The first-order chi connectivity index (χ1) is 7.68. The molecule has 2 rings (SSSR count). The lowest BCUT2D eigenvalue weighted by molar-refractivity contribution is -0.137. The van der Waals surface area contributed by atoms with Crippen molar-refractivity contribution in [3.8, 4) is 0 Å². The van der Waals surface area contributed by atoms with E-state index in [0.717, 1.165) is 38.8 Å². The van der Waals surface area contributed by atoms with Crippen molar-refractivity contribution in [2.24, 2.45) is 17.6 Å². The molecule has 2 N–H and O–H groups in total. The first-order valence-corrected chi connectivity index (χ1v) is 6.38. The van der Waals surface area contributed by atoms with E-state index in [1.807, 2.05) is 4.90 Å². The van der Waals surface area contributed by atoms with E-state index in [1.54, 1.807) is 0 Å². The van der Waals surface area contributed by atoms with Crippen LogP contribution in [0.4, 0.5) is 0 Å². The SMILES string of the molecule is CC1CN(C(=O)C2CC=CCC2)CCC1N. The molecule has 1 saturated heterocycles. The second-order valence-corrected chi connectivity index (χ2v) is 5.20. The van der Waals surface area contributed by atoms with Crippen LogP contribution in [0.25, 0.3) is 0 Å². The summed E-state index contributed by atoms with van der Waals surface area (Å²) in [5, 5.41) is 0. The fourth-order valence-electron chi connectivity index (χ4n) is 2.64. The van der Waals surface area contributed by atoms with Gasteiger partial charge < -0.3 is 10.6 Å². The van der Waals surface area contributed by atoms with Crippen molar-refractivity contribution in [2.45, 2.75) is 38.6 Å². The van der Waals surface area contributed by atoms with E-state index in [4.69, 9.17) is 5.73 Å². The number of amides is 1. The molecule has 3 heteroatoms. The van der Waals surface area contributed by atoms with E-state index in [1.165, 1.54) is 0 Å². The lowest BCUT2D eigenvalue weighted by atomic mass is 9.90. The van der Waals surface area contributed by atoms with Gasteiger partial charge in [0, 0.05) is 25.0 Å². The summed E-state index contributed by atoms with van der Waals surface area (Å²) in [5.41, 5.74) is 5.97. The Bertz CT molecular complexity index is 288. The molecule has 0 aromatic rings. The van der Waals surface area contributed by atoms with Gasteiger partial charge in [-0.25, -0.2) is 0 Å². The number of hydrogen-bond donors (Lipinski definition) is 1. The molecule has 0 bridgehead atoms. The zero-order valence-corrected chi connectivity index (χ0v) is 10.1. The standard InChI is InChI=1S/C13H22N2O/c1-10-9-15(8-7-12(10)14)13(16)11-5-3-2-4-6-11/h2-3,10-12H,4-9,14H2,1H3. The second-order valence-electron chi connectivity index (χ2n) is 5.20. The maximum atomic E-state index is 12.3. The van der Waals surface area contributed by atoms with Crippen LogP contribution in [0, 0.1) is 11.8 Å². The third-order valence-electron chi connectivity index (χ3n) is 3.90. The van der Waals surface area contributed by atoms with Crippen LogP contribution in [0.3, 0.4) is 0 Å². The van der Waals surface area contributed by atoms with E-state index in [9.17, 15) is 4.79 Å². The van der Waals surface area contributed by atoms with Gasteiger partial charge in [-0.05, 0) is 31.6 Å². The summed E-state index contributed by atoms with van der Waals surface area (Å²) < 4.78 is 0. The van der Waals surface area contributed by atoms with Gasteiger partial charge in [-0.3, -0.25) is 4.79 Å². The average Bonchev–Trinajstić information content (AvgIpc) is 2.33. The zero-order valence-electron chi connectivity index (χ0n) is 10.1. The largest absolute Gasteiger partial charge is 0.342 e. The Morgan fingerprint density at radius 2 is 2.19 bits per heavy atom. The summed E-state index contributed by atoms with van der Waals surface area (Å²) in [6.07, 6.45) is 8.28. The molecule has 1 aliphatic heterocycles. The molecule has 3 atom stereocenters. The van der Waals surface area contributed by atoms with Crippen LogP contribution in [0.1, 0.15) is 32.6 Å². The van der Waals surface area contributed by atoms with E-state index in [0.29, 0.717) is 11.8 Å². The van der Waals surface area contributed by atoms with E-state index in [2.05, 4.69) is 19.1 Å². The van der Waals surface area contributed by atoms with Crippen LogP contribution in [-0.2, 0) is 4.79 Å². The van der Waals surface area contributed by atoms with Crippen LogP contribution < -0.4 is 5.73 Å². The van der Waals surface area contributed by atoms with Crippen LogP contribution in [-0.4, -0.2) is 29.9 Å². The van der Waals surface area contributed by atoms with E-state index < -0.39 is 0 Å². The number of rotatable bonds is 1. The van der Waals surface area contributed by atoms with Gasteiger partial charge in [0.05, 0.1) is 0 Å². The van der Waals surface area contributed by atoms with Crippen LogP contribution in [0.15, 0.2) is 12.2 Å². The molecule has 3 unspecified atom stereocenters. The summed E-state index contributed by atoms with van der Waals surface area (Å²) >= 11 is 0. The van der Waals surface area contributed by atoms with Crippen molar-refractivity contribution >= 4 is 5.91 Å². The molecule has 1 fully saturated rings. The monoisotopic (exact) mass is 222 g/mol. The van der Waals surface area contributed by atoms with Gasteiger partial charge in [0.15, 0.2) is 0 Å². The van der Waals surface area contributed by atoms with Crippen molar-refractivity contribution in [1.82, 2.24) is 4.90 Å². The normalized spacial score (nSPS) is 35.1. The van der Waals surface area contributed by atoms with Gasteiger partial charge in [0.1, 0.15) is 0 Å². The fourth-order valence-corrected chi connectivity index (χ4v) is 2.64. The van der Waals surface area contributed by atoms with E-state index >= 15 is 0 Å². The van der Waals surface area contributed by atoms with Crippen molar-refractivity contribution in [3.63, 3.8) is 0 Å². The maximum Gasteiger partial charge on any atom is 0.226 e. The predicted octanol–water partition coefficient (Wildman–Crippen LogP) is 1.54. The molecule has 16 heavy (non-hydrogen) atoms. The minimum absolute atomic E-state index is 0.228. The molecule has 0 aromatic carbocycles. The fraction of sp³-hybridized carbons (Fsp3) is 0.769. The summed E-state index contributed by atoms with van der Waals surface area (Å²) in [5.74, 6) is 1.02. The molecule has 0 radical (unpaired) electrons. The molecular formula is C13H22N2O. The Morgan fingerprint density at radius 1 is 1.38 bits per heavy atom. The second kappa shape index (κ2) is 5.00. The van der Waals surface area contributed by atoms with Crippen LogP contribution >= 0.6 is 0 Å². The van der Waals surface area contributed by atoms with Gasteiger partial charge in [-0.15, -0.1) is 0 Å². The van der Waals surface area contributed by atoms with Crippen molar-refractivity contribution < 1.29 is 4.79 Å². The number of allylic oxidation sites excluding steroid dienone is 2. The molecule has 0 saturated carbocycles. The minimum atomic E-state index is 0.228. The maximum absolute atomic E-state index is 12.3. The van der Waals surface area contributed by atoms with Crippen LogP contribution in [0.5, 0.6) is 0 Å². The number of nitrogens with zero attached hydrogens (tertiary/aromatic N) is 1. The Morgan fingerprint density at radius 3 is 2.81 bits per heavy atom. The van der Waals surface area contributed by atoms with Gasteiger partial charge in [0.25, 0.3) is 0 Å². The number of carbonyl (C=O) groups excluding carboxylic acids is 1. The predicted molar refractivity (Wildman–Crippen MR) is 64.8 cm³/mol. The topological polar surface area (TPSA) is 46.3 Å². The lowest BCUT2D eigenvalue weighted by Crippen LogP contribution is -2.49. The lowest BCUT2D eigenvalue weighted by Gasteiger charge is -2.37. The third kappa shape index (κ3) is 2.46. The number of piperidine rings is 1.